The smallest absolute Gasteiger partial charge is 0.549 e. The number of carboxylic acid groups (broad SMARTS) is 1. The first-order valence-corrected chi connectivity index (χ1v) is 7.33. The molecule has 1 unspecified atom stereocenters. The largest absolute Gasteiger partial charge is 1.00 e. The van der Waals surface area contributed by atoms with Gasteiger partial charge in [-0.05, 0) is 6.42 Å². The number of hydrogen-bond acceptors (Lipinski definition) is 3. The SMILES string of the molecule is CCCCCCCCCCCC(=O)C(C)C(=O)[O-].[Na+]. The zero-order valence-corrected chi connectivity index (χ0v) is 14.9. The summed E-state index contributed by atoms with van der Waals surface area (Å²) in [5.41, 5.74) is 0. The third-order valence-corrected chi connectivity index (χ3v) is 3.36. The summed E-state index contributed by atoms with van der Waals surface area (Å²) in [6, 6.07) is 0. The molecule has 0 saturated heterocycles. The molecule has 0 saturated carbocycles. The first-order valence-electron chi connectivity index (χ1n) is 7.33. The van der Waals surface area contributed by atoms with Gasteiger partial charge in [0.2, 0.25) is 0 Å². The van der Waals surface area contributed by atoms with E-state index in [2.05, 4.69) is 6.92 Å². The Bertz CT molecular complexity index is 242. The second-order valence-corrected chi connectivity index (χ2v) is 5.09. The van der Waals surface area contributed by atoms with Crippen molar-refractivity contribution < 1.29 is 44.3 Å². The summed E-state index contributed by atoms with van der Waals surface area (Å²) < 4.78 is 0. The minimum atomic E-state index is -1.25. The van der Waals surface area contributed by atoms with Crippen molar-refractivity contribution in [3.8, 4) is 0 Å². The quantitative estimate of drug-likeness (QED) is 0.284. The third kappa shape index (κ3) is 12.9. The molecule has 0 aromatic rings. The molecule has 0 bridgehead atoms. The fourth-order valence-corrected chi connectivity index (χ4v) is 1.96. The number of carbonyl (C=O) groups is 2. The van der Waals surface area contributed by atoms with Crippen LogP contribution < -0.4 is 34.7 Å². The second kappa shape index (κ2) is 14.5. The summed E-state index contributed by atoms with van der Waals surface area (Å²) in [6.45, 7) is 3.62. The predicted octanol–water partition coefficient (Wildman–Crippen LogP) is -0.134. The number of unbranched alkanes of at least 4 members (excludes halogenated alkanes) is 8. The van der Waals surface area contributed by atoms with Crippen LogP contribution in [0.4, 0.5) is 0 Å². The number of carbonyl (C=O) groups excluding carboxylic acids is 2. The van der Waals surface area contributed by atoms with E-state index >= 15 is 0 Å². The normalized spacial score (nSPS) is 11.7. The molecule has 0 radical (unpaired) electrons. The molecular formula is C15H27NaO3. The van der Waals surface area contributed by atoms with Gasteiger partial charge in [0.25, 0.3) is 0 Å². The first kappa shape index (κ1) is 21.4. The van der Waals surface area contributed by atoms with Crippen LogP contribution in [0.3, 0.4) is 0 Å². The van der Waals surface area contributed by atoms with Gasteiger partial charge in [-0.3, -0.25) is 4.79 Å². The van der Waals surface area contributed by atoms with Crippen LogP contribution in [0, 0.1) is 5.92 Å². The standard InChI is InChI=1S/C15H28O3.Na/c1-3-4-5-6-7-8-9-10-11-12-14(16)13(2)15(17)18;/h13H,3-12H2,1-2H3,(H,17,18);/q;+1/p-1. The molecule has 0 N–H and O–H groups in total. The fraction of sp³-hybridized carbons (Fsp3) is 0.867. The predicted molar refractivity (Wildman–Crippen MR) is 71.0 cm³/mol. The van der Waals surface area contributed by atoms with E-state index in [0.29, 0.717) is 6.42 Å². The van der Waals surface area contributed by atoms with Gasteiger partial charge in [-0.2, -0.15) is 0 Å². The maximum atomic E-state index is 11.4. The minimum Gasteiger partial charge on any atom is -0.549 e. The molecular weight excluding hydrogens is 251 g/mol. The number of rotatable bonds is 12. The molecule has 0 rings (SSSR count). The maximum Gasteiger partial charge on any atom is 1.00 e. The minimum absolute atomic E-state index is 0. The van der Waals surface area contributed by atoms with Crippen LogP contribution in [-0.4, -0.2) is 11.8 Å². The molecule has 0 spiro atoms. The second-order valence-electron chi connectivity index (χ2n) is 5.09. The van der Waals surface area contributed by atoms with E-state index in [4.69, 9.17) is 0 Å². The average Bonchev–Trinajstić information content (AvgIpc) is 2.35. The van der Waals surface area contributed by atoms with E-state index in [1.807, 2.05) is 0 Å². The van der Waals surface area contributed by atoms with Gasteiger partial charge in [-0.1, -0.05) is 65.2 Å². The Morgan fingerprint density at radius 3 is 1.74 bits per heavy atom. The molecule has 0 amide bonds. The topological polar surface area (TPSA) is 57.2 Å². The van der Waals surface area contributed by atoms with E-state index in [9.17, 15) is 14.7 Å². The van der Waals surface area contributed by atoms with Gasteiger partial charge in [0.05, 0.1) is 11.9 Å². The molecule has 4 heteroatoms. The third-order valence-electron chi connectivity index (χ3n) is 3.36. The molecule has 106 valence electrons. The van der Waals surface area contributed by atoms with Gasteiger partial charge in [-0.25, -0.2) is 0 Å². The van der Waals surface area contributed by atoms with E-state index in [-0.39, 0.29) is 35.3 Å². The molecule has 0 fully saturated rings. The van der Waals surface area contributed by atoms with Gasteiger partial charge in [0.15, 0.2) is 0 Å². The molecule has 0 aromatic heterocycles. The van der Waals surface area contributed by atoms with E-state index in [1.54, 1.807) is 0 Å². The van der Waals surface area contributed by atoms with Gasteiger partial charge < -0.3 is 9.90 Å². The van der Waals surface area contributed by atoms with Crippen LogP contribution in [0.2, 0.25) is 0 Å². The van der Waals surface area contributed by atoms with Crippen LogP contribution >= 0.6 is 0 Å². The van der Waals surface area contributed by atoms with Crippen molar-refractivity contribution in [2.45, 2.75) is 78.1 Å². The molecule has 19 heavy (non-hydrogen) atoms. The number of hydrogen-bond donors (Lipinski definition) is 0. The van der Waals surface area contributed by atoms with Crippen molar-refractivity contribution in [2.24, 2.45) is 5.92 Å². The van der Waals surface area contributed by atoms with Crippen LogP contribution in [0.25, 0.3) is 0 Å². The van der Waals surface area contributed by atoms with E-state index in [0.717, 1.165) is 19.3 Å². The summed E-state index contributed by atoms with van der Waals surface area (Å²) >= 11 is 0. The molecule has 0 aromatic carbocycles. The summed E-state index contributed by atoms with van der Waals surface area (Å²) in [6.07, 6.45) is 11.1. The number of Topliss-reactive ketones (excluding diaryl/α,β-unsaturated/α-hetero) is 1. The Hall–Kier alpha value is 0.140. The summed E-state index contributed by atoms with van der Waals surface area (Å²) in [5, 5.41) is 10.5. The molecule has 1 atom stereocenters. The van der Waals surface area contributed by atoms with Crippen molar-refractivity contribution in [3.05, 3.63) is 0 Å². The Kier molecular flexibility index (Phi) is 16.4. The van der Waals surface area contributed by atoms with Crippen LogP contribution in [0.5, 0.6) is 0 Å². The molecule has 0 aliphatic carbocycles. The zero-order valence-electron chi connectivity index (χ0n) is 12.9. The zero-order chi connectivity index (χ0) is 13.8. The van der Waals surface area contributed by atoms with Gasteiger partial charge in [0.1, 0.15) is 5.78 Å². The summed E-state index contributed by atoms with van der Waals surface area (Å²) in [4.78, 5) is 21.8. The summed E-state index contributed by atoms with van der Waals surface area (Å²) in [7, 11) is 0. The van der Waals surface area contributed by atoms with E-state index in [1.165, 1.54) is 45.4 Å². The monoisotopic (exact) mass is 278 g/mol. The van der Waals surface area contributed by atoms with Crippen LogP contribution in [-0.2, 0) is 9.59 Å². The fourth-order valence-electron chi connectivity index (χ4n) is 1.96. The molecule has 0 aliphatic heterocycles. The van der Waals surface area contributed by atoms with Crippen LogP contribution in [0.1, 0.15) is 78.1 Å². The van der Waals surface area contributed by atoms with Crippen molar-refractivity contribution >= 4 is 11.8 Å². The molecule has 3 nitrogen and oxygen atoms in total. The van der Waals surface area contributed by atoms with Crippen molar-refractivity contribution in [3.63, 3.8) is 0 Å². The van der Waals surface area contributed by atoms with Gasteiger partial charge >= 0.3 is 29.6 Å². The Balaban J connectivity index is 0. The maximum absolute atomic E-state index is 11.4. The van der Waals surface area contributed by atoms with Crippen molar-refractivity contribution in [1.82, 2.24) is 0 Å². The molecule has 0 aliphatic rings. The van der Waals surface area contributed by atoms with Crippen LogP contribution in [0.15, 0.2) is 0 Å². The Morgan fingerprint density at radius 2 is 1.32 bits per heavy atom. The van der Waals surface area contributed by atoms with Gasteiger partial charge in [0, 0.05) is 6.42 Å². The van der Waals surface area contributed by atoms with Crippen molar-refractivity contribution in [1.29, 1.82) is 0 Å². The average molecular weight is 278 g/mol. The Labute approximate surface area is 139 Å². The number of carboxylic acids is 1. The van der Waals surface area contributed by atoms with Gasteiger partial charge in [-0.15, -0.1) is 0 Å². The Morgan fingerprint density at radius 1 is 0.895 bits per heavy atom. The summed E-state index contributed by atoms with van der Waals surface area (Å²) in [5.74, 6) is -2.40. The number of ketones is 1. The number of aliphatic carboxylic acids is 1. The van der Waals surface area contributed by atoms with E-state index < -0.39 is 11.9 Å². The van der Waals surface area contributed by atoms with Crippen molar-refractivity contribution in [2.75, 3.05) is 0 Å². The first-order chi connectivity index (χ1) is 8.59. The molecule has 0 heterocycles.